The van der Waals surface area contributed by atoms with Crippen molar-refractivity contribution in [3.63, 3.8) is 0 Å². The minimum absolute atomic E-state index is 0.157. The van der Waals surface area contributed by atoms with E-state index in [4.69, 9.17) is 9.72 Å². The van der Waals surface area contributed by atoms with Crippen LogP contribution < -0.4 is 5.32 Å². The number of fused-ring (bicyclic) bond motifs is 2. The van der Waals surface area contributed by atoms with E-state index in [-0.39, 0.29) is 31.1 Å². The molecule has 0 radical (unpaired) electrons. The van der Waals surface area contributed by atoms with Gasteiger partial charge in [-0.2, -0.15) is 5.10 Å². The molecule has 4 rings (SSSR count). The number of hydrogen-bond acceptors (Lipinski definition) is 6. The highest BCUT2D eigenvalue weighted by Crippen LogP contribution is 2.29. The molecule has 4 aromatic rings. The molecule has 0 aliphatic rings. The van der Waals surface area contributed by atoms with Gasteiger partial charge in [0.2, 0.25) is 0 Å². The third-order valence-electron chi connectivity index (χ3n) is 6.40. The van der Waals surface area contributed by atoms with Gasteiger partial charge >= 0.3 is 0 Å². The second-order valence-corrected chi connectivity index (χ2v) is 17.0. The third kappa shape index (κ3) is 6.28. The van der Waals surface area contributed by atoms with Crippen LogP contribution in [-0.4, -0.2) is 62.7 Å². The molecule has 204 valence electrons. The number of aliphatic hydroxyl groups excluding tert-OH is 1. The number of aromatic nitrogens is 5. The van der Waals surface area contributed by atoms with Gasteiger partial charge in [-0.3, -0.25) is 9.48 Å². The Morgan fingerprint density at radius 3 is 2.71 bits per heavy atom. The van der Waals surface area contributed by atoms with Crippen LogP contribution in [-0.2, 0) is 18.5 Å². The molecular weight excluding hydrogens is 503 g/mol. The first-order valence-electron chi connectivity index (χ1n) is 12.9. The van der Waals surface area contributed by atoms with E-state index in [2.05, 4.69) is 35.0 Å². The SMILES string of the molecule is CC(C)C[C@@H](CO)NC(=O)c1cn(COCC[Si](C)(C)C)c2ncc(-c3nn(C)c4cc(F)ccc34)nc12. The molecule has 9 nitrogen and oxygen atoms in total. The molecule has 0 fully saturated rings. The lowest BCUT2D eigenvalue weighted by Crippen LogP contribution is -2.38. The Morgan fingerprint density at radius 1 is 1.26 bits per heavy atom. The summed E-state index contributed by atoms with van der Waals surface area (Å²) in [5, 5.41) is 18.0. The molecule has 0 saturated heterocycles. The van der Waals surface area contributed by atoms with Crippen LogP contribution in [0.25, 0.3) is 33.5 Å². The number of carbonyl (C=O) groups excluding carboxylic acids is 1. The Bertz CT molecular complexity index is 1440. The quantitative estimate of drug-likeness (QED) is 0.213. The zero-order chi connectivity index (χ0) is 27.6. The van der Waals surface area contributed by atoms with Gasteiger partial charge in [-0.25, -0.2) is 14.4 Å². The van der Waals surface area contributed by atoms with Crippen LogP contribution in [0.15, 0.2) is 30.6 Å². The van der Waals surface area contributed by atoms with Gasteiger partial charge in [0.1, 0.15) is 29.5 Å². The Hall–Kier alpha value is -3.15. The topological polar surface area (TPSA) is 107 Å². The first-order chi connectivity index (χ1) is 18.0. The zero-order valence-electron chi connectivity index (χ0n) is 23.0. The van der Waals surface area contributed by atoms with Crippen LogP contribution in [0.3, 0.4) is 0 Å². The number of carbonyl (C=O) groups is 1. The van der Waals surface area contributed by atoms with Gasteiger partial charge in [0.25, 0.3) is 5.91 Å². The maximum absolute atomic E-state index is 13.8. The van der Waals surface area contributed by atoms with Gasteiger partial charge in [0.05, 0.1) is 29.9 Å². The van der Waals surface area contributed by atoms with Crippen molar-refractivity contribution >= 4 is 36.0 Å². The fourth-order valence-electron chi connectivity index (χ4n) is 4.40. The van der Waals surface area contributed by atoms with E-state index in [9.17, 15) is 14.3 Å². The number of benzene rings is 1. The van der Waals surface area contributed by atoms with Crippen LogP contribution in [0.2, 0.25) is 25.7 Å². The molecule has 1 amide bonds. The highest BCUT2D eigenvalue weighted by molar-refractivity contribution is 6.76. The lowest BCUT2D eigenvalue weighted by Gasteiger charge is -2.17. The average Bonchev–Trinajstić information content (AvgIpc) is 3.37. The minimum atomic E-state index is -1.25. The molecule has 0 aliphatic heterocycles. The second kappa shape index (κ2) is 11.3. The number of aryl methyl sites for hydroxylation is 1. The highest BCUT2D eigenvalue weighted by Gasteiger charge is 2.23. The summed E-state index contributed by atoms with van der Waals surface area (Å²) in [6, 6.07) is 5.13. The van der Waals surface area contributed by atoms with E-state index >= 15 is 0 Å². The maximum atomic E-state index is 13.8. The summed E-state index contributed by atoms with van der Waals surface area (Å²) in [6.07, 6.45) is 3.96. The normalized spacial score (nSPS) is 13.1. The molecule has 0 saturated carbocycles. The van der Waals surface area contributed by atoms with Crippen molar-refractivity contribution < 1.29 is 19.0 Å². The molecule has 3 aromatic heterocycles. The van der Waals surface area contributed by atoms with Crippen LogP contribution in [0.1, 0.15) is 30.6 Å². The first kappa shape index (κ1) is 27.9. The Morgan fingerprint density at radius 2 is 2.03 bits per heavy atom. The largest absolute Gasteiger partial charge is 0.394 e. The fourth-order valence-corrected chi connectivity index (χ4v) is 5.16. The number of aliphatic hydroxyl groups is 1. The smallest absolute Gasteiger partial charge is 0.255 e. The molecule has 2 N–H and O–H groups in total. The monoisotopic (exact) mass is 540 g/mol. The predicted octanol–water partition coefficient (Wildman–Crippen LogP) is 4.57. The van der Waals surface area contributed by atoms with Crippen molar-refractivity contribution in [2.45, 2.75) is 58.7 Å². The molecule has 0 aliphatic carbocycles. The van der Waals surface area contributed by atoms with E-state index < -0.39 is 8.07 Å². The number of hydrogen-bond donors (Lipinski definition) is 2. The standard InChI is InChI=1S/C27H37FN6O3Si/c1-17(2)11-19(15-35)30-27(36)21-14-34(16-37-9-10-38(4,5)6)26-25(21)31-22(13-29-26)24-20-8-7-18(28)12-23(20)33(3)32-24/h7-8,12-14,17,19,35H,9-11,15-16H2,1-6H3,(H,30,36)/t19-/m0/s1. The lowest BCUT2D eigenvalue weighted by molar-refractivity contribution is 0.0882. The van der Waals surface area contributed by atoms with E-state index in [0.29, 0.717) is 52.6 Å². The second-order valence-electron chi connectivity index (χ2n) is 11.4. The van der Waals surface area contributed by atoms with Crippen molar-refractivity contribution in [2.24, 2.45) is 13.0 Å². The minimum Gasteiger partial charge on any atom is -0.394 e. The maximum Gasteiger partial charge on any atom is 0.255 e. The summed E-state index contributed by atoms with van der Waals surface area (Å²) in [5.41, 5.74) is 2.93. The van der Waals surface area contributed by atoms with Gasteiger partial charge in [-0.1, -0.05) is 33.5 Å². The van der Waals surface area contributed by atoms with Gasteiger partial charge in [0.15, 0.2) is 5.65 Å². The summed E-state index contributed by atoms with van der Waals surface area (Å²) in [4.78, 5) is 22.8. The predicted molar refractivity (Wildman–Crippen MR) is 149 cm³/mol. The Balaban J connectivity index is 1.73. The summed E-state index contributed by atoms with van der Waals surface area (Å²) >= 11 is 0. The molecule has 11 heteroatoms. The molecule has 38 heavy (non-hydrogen) atoms. The van der Waals surface area contributed by atoms with E-state index in [1.54, 1.807) is 34.8 Å². The van der Waals surface area contributed by atoms with Gasteiger partial charge in [-0.15, -0.1) is 0 Å². The number of rotatable bonds is 11. The van der Waals surface area contributed by atoms with Crippen LogP contribution in [0.5, 0.6) is 0 Å². The molecule has 1 aromatic carbocycles. The van der Waals surface area contributed by atoms with Gasteiger partial charge in [0, 0.05) is 33.3 Å². The van der Waals surface area contributed by atoms with Gasteiger partial charge < -0.3 is 19.7 Å². The zero-order valence-corrected chi connectivity index (χ0v) is 24.0. The lowest BCUT2D eigenvalue weighted by atomic mass is 10.0. The number of nitrogens with zero attached hydrogens (tertiary/aromatic N) is 5. The number of halogens is 1. The van der Waals surface area contributed by atoms with Gasteiger partial charge in [-0.05, 0) is 36.6 Å². The number of ether oxygens (including phenoxy) is 1. The van der Waals surface area contributed by atoms with Crippen molar-refractivity contribution in [1.82, 2.24) is 29.6 Å². The number of amides is 1. The summed E-state index contributed by atoms with van der Waals surface area (Å²) in [5.74, 6) is -0.379. The van der Waals surface area contributed by atoms with Crippen LogP contribution in [0.4, 0.5) is 4.39 Å². The summed E-state index contributed by atoms with van der Waals surface area (Å²) in [6.45, 7) is 11.7. The van der Waals surface area contributed by atoms with Crippen molar-refractivity contribution in [3.05, 3.63) is 42.0 Å². The Labute approximate surface area is 223 Å². The average molecular weight is 541 g/mol. The summed E-state index contributed by atoms with van der Waals surface area (Å²) in [7, 11) is 0.495. The third-order valence-corrected chi connectivity index (χ3v) is 8.11. The first-order valence-corrected chi connectivity index (χ1v) is 16.7. The van der Waals surface area contributed by atoms with Crippen LogP contribution >= 0.6 is 0 Å². The van der Waals surface area contributed by atoms with Crippen molar-refractivity contribution in [2.75, 3.05) is 13.2 Å². The molecule has 0 unspecified atom stereocenters. The van der Waals surface area contributed by atoms with Crippen molar-refractivity contribution in [1.29, 1.82) is 0 Å². The summed E-state index contributed by atoms with van der Waals surface area (Å²) < 4.78 is 23.2. The van der Waals surface area contributed by atoms with Crippen LogP contribution in [0, 0.1) is 11.7 Å². The molecular formula is C27H37FN6O3Si. The number of nitrogens with one attached hydrogen (secondary N) is 1. The van der Waals surface area contributed by atoms with Crippen molar-refractivity contribution in [3.8, 4) is 11.4 Å². The van der Waals surface area contributed by atoms with E-state index in [1.165, 1.54) is 12.1 Å². The highest BCUT2D eigenvalue weighted by atomic mass is 28.3. The Kier molecular flexibility index (Phi) is 8.29. The molecule has 0 bridgehead atoms. The molecule has 3 heterocycles. The van der Waals surface area contributed by atoms with E-state index in [0.717, 1.165) is 11.4 Å². The van der Waals surface area contributed by atoms with E-state index in [1.807, 2.05) is 13.8 Å². The molecule has 1 atom stereocenters. The fraction of sp³-hybridized carbons (Fsp3) is 0.481. The molecule has 0 spiro atoms.